The van der Waals surface area contributed by atoms with Crippen LogP contribution < -0.4 is 0 Å². The van der Waals surface area contributed by atoms with Gasteiger partial charge in [-0.05, 0) is 24.7 Å². The monoisotopic (exact) mass is 277 g/mol. The Balaban J connectivity index is 2.36. The van der Waals surface area contributed by atoms with Gasteiger partial charge in [0, 0.05) is 30.8 Å². The summed E-state index contributed by atoms with van der Waals surface area (Å²) in [5, 5.41) is 0. The minimum atomic E-state index is -0.259. The number of amides is 1. The van der Waals surface area contributed by atoms with Crippen molar-refractivity contribution in [3.05, 3.63) is 0 Å². The van der Waals surface area contributed by atoms with E-state index in [0.717, 1.165) is 38.8 Å². The Hall–Kier alpha value is -0.970. The predicted molar refractivity (Wildman–Crippen MR) is 85.2 cm³/mol. The summed E-state index contributed by atoms with van der Waals surface area (Å²) >= 11 is 0. The molecule has 1 rings (SSSR count). The number of piperidine rings is 1. The molecule has 0 atom stereocenters. The van der Waals surface area contributed by atoms with E-state index in [2.05, 4.69) is 32.6 Å². The van der Waals surface area contributed by atoms with E-state index in [1.165, 1.54) is 0 Å². The van der Waals surface area contributed by atoms with Crippen LogP contribution in [-0.4, -0.2) is 23.9 Å². The first-order valence-electron chi connectivity index (χ1n) is 7.87. The molecule has 0 unspecified atom stereocenters. The number of rotatable bonds is 1. The van der Waals surface area contributed by atoms with Gasteiger partial charge in [0.1, 0.15) is 0 Å². The Morgan fingerprint density at radius 3 is 2.10 bits per heavy atom. The Morgan fingerprint density at radius 2 is 1.65 bits per heavy atom. The van der Waals surface area contributed by atoms with Crippen LogP contribution in [-0.2, 0) is 4.79 Å². The van der Waals surface area contributed by atoms with Gasteiger partial charge >= 0.3 is 0 Å². The fraction of sp³-hybridized carbons (Fsp3) is 0.833. The second-order valence-electron chi connectivity index (χ2n) is 8.20. The number of carbonyl (C=O) groups excluding carboxylic acids is 1. The second kappa shape index (κ2) is 6.66. The Bertz CT molecular complexity index is 378. The smallest absolute Gasteiger partial charge is 0.227 e. The van der Waals surface area contributed by atoms with Crippen molar-refractivity contribution < 1.29 is 4.79 Å². The van der Waals surface area contributed by atoms with Crippen LogP contribution >= 0.6 is 0 Å². The molecule has 0 aliphatic carbocycles. The van der Waals surface area contributed by atoms with Crippen molar-refractivity contribution in [1.82, 2.24) is 4.90 Å². The number of nitrogens with zero attached hydrogens (tertiary/aromatic N) is 1. The predicted octanol–water partition coefficient (Wildman–Crippen LogP) is 4.10. The van der Waals surface area contributed by atoms with Gasteiger partial charge in [-0.2, -0.15) is 0 Å². The van der Waals surface area contributed by atoms with Crippen LogP contribution in [0.1, 0.15) is 67.2 Å². The van der Waals surface area contributed by atoms with Gasteiger partial charge in [-0.1, -0.05) is 47.5 Å². The van der Waals surface area contributed by atoms with Crippen molar-refractivity contribution in [2.75, 3.05) is 13.1 Å². The third kappa shape index (κ3) is 5.99. The SMILES string of the molecule is CC(C)(C)CCC#CC1CCN(C(=O)C(C)(C)C)CC1. The van der Waals surface area contributed by atoms with Gasteiger partial charge < -0.3 is 4.90 Å². The van der Waals surface area contributed by atoms with Crippen molar-refractivity contribution in [1.29, 1.82) is 0 Å². The maximum absolute atomic E-state index is 12.2. The van der Waals surface area contributed by atoms with E-state index in [0.29, 0.717) is 11.3 Å². The van der Waals surface area contributed by atoms with E-state index < -0.39 is 0 Å². The lowest BCUT2D eigenvalue weighted by Crippen LogP contribution is -2.43. The zero-order valence-corrected chi connectivity index (χ0v) is 14.2. The quantitative estimate of drug-likeness (QED) is 0.661. The Kier molecular flexibility index (Phi) is 5.68. The van der Waals surface area contributed by atoms with Crippen LogP contribution in [0.15, 0.2) is 0 Å². The molecule has 0 N–H and O–H groups in total. The average molecular weight is 277 g/mol. The van der Waals surface area contributed by atoms with E-state index >= 15 is 0 Å². The maximum atomic E-state index is 12.2. The lowest BCUT2D eigenvalue weighted by Gasteiger charge is -2.34. The molecule has 1 fully saturated rings. The highest BCUT2D eigenvalue weighted by Gasteiger charge is 2.29. The van der Waals surface area contributed by atoms with Crippen molar-refractivity contribution in [2.24, 2.45) is 16.7 Å². The van der Waals surface area contributed by atoms with Crippen molar-refractivity contribution in [3.8, 4) is 11.8 Å². The number of hydrogen-bond donors (Lipinski definition) is 0. The van der Waals surface area contributed by atoms with Crippen LogP contribution in [0, 0.1) is 28.6 Å². The molecule has 1 aliphatic rings. The number of carbonyl (C=O) groups is 1. The molecule has 2 nitrogen and oxygen atoms in total. The summed E-state index contributed by atoms with van der Waals surface area (Å²) in [6, 6.07) is 0. The Morgan fingerprint density at radius 1 is 1.10 bits per heavy atom. The van der Waals surface area contributed by atoms with Gasteiger partial charge in [0.25, 0.3) is 0 Å². The maximum Gasteiger partial charge on any atom is 0.227 e. The van der Waals surface area contributed by atoms with Gasteiger partial charge in [-0.25, -0.2) is 0 Å². The van der Waals surface area contributed by atoms with Crippen LogP contribution in [0.25, 0.3) is 0 Å². The molecule has 0 aromatic heterocycles. The summed E-state index contributed by atoms with van der Waals surface area (Å²) in [5.41, 5.74) is 0.113. The first-order valence-corrected chi connectivity index (χ1v) is 7.87. The molecule has 0 spiro atoms. The largest absolute Gasteiger partial charge is 0.342 e. The highest BCUT2D eigenvalue weighted by atomic mass is 16.2. The molecule has 0 radical (unpaired) electrons. The summed E-state index contributed by atoms with van der Waals surface area (Å²) in [6.07, 6.45) is 4.21. The molecular formula is C18H31NO. The summed E-state index contributed by atoms with van der Waals surface area (Å²) < 4.78 is 0. The Labute approximate surface area is 125 Å². The van der Waals surface area contributed by atoms with E-state index in [1.54, 1.807) is 0 Å². The molecule has 0 aromatic rings. The molecule has 114 valence electrons. The van der Waals surface area contributed by atoms with Gasteiger partial charge in [-0.15, -0.1) is 5.92 Å². The van der Waals surface area contributed by atoms with Gasteiger partial charge in [0.2, 0.25) is 5.91 Å². The van der Waals surface area contributed by atoms with E-state index in [1.807, 2.05) is 25.7 Å². The fourth-order valence-corrected chi connectivity index (χ4v) is 2.36. The van der Waals surface area contributed by atoms with Crippen LogP contribution in [0.3, 0.4) is 0 Å². The third-order valence-electron chi connectivity index (χ3n) is 3.73. The van der Waals surface area contributed by atoms with Gasteiger partial charge in [0.05, 0.1) is 0 Å². The summed E-state index contributed by atoms with van der Waals surface area (Å²) in [4.78, 5) is 14.2. The van der Waals surface area contributed by atoms with Crippen LogP contribution in [0.4, 0.5) is 0 Å². The van der Waals surface area contributed by atoms with E-state index in [9.17, 15) is 4.79 Å². The number of likely N-dealkylation sites (tertiary alicyclic amines) is 1. The molecule has 1 heterocycles. The van der Waals surface area contributed by atoms with Crippen molar-refractivity contribution in [2.45, 2.75) is 67.2 Å². The molecule has 0 aromatic carbocycles. The zero-order chi connectivity index (χ0) is 15.4. The van der Waals surface area contributed by atoms with E-state index in [4.69, 9.17) is 0 Å². The molecule has 20 heavy (non-hydrogen) atoms. The molecule has 1 amide bonds. The molecule has 2 heteroatoms. The van der Waals surface area contributed by atoms with Crippen LogP contribution in [0.5, 0.6) is 0 Å². The standard InChI is InChI=1S/C18H31NO/c1-17(2,3)12-8-7-9-15-10-13-19(14-11-15)16(20)18(4,5)6/h15H,8,10-14H2,1-6H3. The fourth-order valence-electron chi connectivity index (χ4n) is 2.36. The summed E-state index contributed by atoms with van der Waals surface area (Å²) in [6.45, 7) is 14.5. The molecule has 0 bridgehead atoms. The lowest BCUT2D eigenvalue weighted by molar-refractivity contribution is -0.140. The highest BCUT2D eigenvalue weighted by Crippen LogP contribution is 2.23. The third-order valence-corrected chi connectivity index (χ3v) is 3.73. The molecule has 1 saturated heterocycles. The van der Waals surface area contributed by atoms with Crippen molar-refractivity contribution in [3.63, 3.8) is 0 Å². The summed E-state index contributed by atoms with van der Waals surface area (Å²) in [7, 11) is 0. The summed E-state index contributed by atoms with van der Waals surface area (Å²) in [5.74, 6) is 7.50. The normalized spacial score (nSPS) is 17.6. The minimum Gasteiger partial charge on any atom is -0.342 e. The average Bonchev–Trinajstić information content (AvgIpc) is 2.32. The molecular weight excluding hydrogens is 246 g/mol. The van der Waals surface area contributed by atoms with E-state index in [-0.39, 0.29) is 11.3 Å². The zero-order valence-electron chi connectivity index (χ0n) is 14.2. The molecule has 1 aliphatic heterocycles. The molecule has 0 saturated carbocycles. The van der Waals surface area contributed by atoms with Crippen LogP contribution in [0.2, 0.25) is 0 Å². The highest BCUT2D eigenvalue weighted by molar-refractivity contribution is 5.81. The van der Waals surface area contributed by atoms with Crippen molar-refractivity contribution >= 4 is 5.91 Å². The number of hydrogen-bond acceptors (Lipinski definition) is 1. The lowest BCUT2D eigenvalue weighted by atomic mass is 9.90. The topological polar surface area (TPSA) is 20.3 Å². The van der Waals surface area contributed by atoms with Gasteiger partial charge in [0.15, 0.2) is 0 Å². The first kappa shape index (κ1) is 17.1. The minimum absolute atomic E-state index is 0.259. The first-order chi connectivity index (χ1) is 9.09. The second-order valence-corrected chi connectivity index (χ2v) is 8.20. The van der Waals surface area contributed by atoms with Gasteiger partial charge in [-0.3, -0.25) is 4.79 Å².